The lowest BCUT2D eigenvalue weighted by atomic mass is 9.86. The van der Waals surface area contributed by atoms with Crippen molar-refractivity contribution in [2.75, 3.05) is 20.2 Å². The number of carboxylic acids is 1. The van der Waals surface area contributed by atoms with Gasteiger partial charge in [-0.1, -0.05) is 17.7 Å². The van der Waals surface area contributed by atoms with Crippen LogP contribution in [0.2, 0.25) is 0 Å². The van der Waals surface area contributed by atoms with Crippen molar-refractivity contribution in [1.82, 2.24) is 10.2 Å². The molecule has 0 unspecified atom stereocenters. The molecular weight excluding hydrogens is 308 g/mol. The maximum absolute atomic E-state index is 12.2. The predicted molar refractivity (Wildman–Crippen MR) is 91.2 cm³/mol. The van der Waals surface area contributed by atoms with Crippen molar-refractivity contribution < 1.29 is 19.4 Å². The average Bonchev–Trinajstić information content (AvgIpc) is 2.57. The lowest BCUT2D eigenvalue weighted by Gasteiger charge is -2.28. The molecule has 0 saturated heterocycles. The van der Waals surface area contributed by atoms with Crippen LogP contribution in [0.3, 0.4) is 0 Å². The summed E-state index contributed by atoms with van der Waals surface area (Å²) < 4.78 is 5.63. The minimum Gasteiger partial charge on any atom is -0.492 e. The Morgan fingerprint density at radius 2 is 1.83 bits per heavy atom. The van der Waals surface area contributed by atoms with Gasteiger partial charge in [-0.2, -0.15) is 0 Å². The van der Waals surface area contributed by atoms with Gasteiger partial charge in [0.2, 0.25) is 0 Å². The molecule has 2 N–H and O–H groups in total. The van der Waals surface area contributed by atoms with E-state index in [-0.39, 0.29) is 18.0 Å². The molecule has 2 rings (SSSR count). The smallest absolute Gasteiger partial charge is 0.317 e. The summed E-state index contributed by atoms with van der Waals surface area (Å²) in [4.78, 5) is 24.7. The minimum atomic E-state index is -0.731. The van der Waals surface area contributed by atoms with Crippen molar-refractivity contribution >= 4 is 12.0 Å². The number of nitrogens with one attached hydrogen (secondary N) is 1. The van der Waals surface area contributed by atoms with Crippen molar-refractivity contribution in [3.8, 4) is 5.75 Å². The lowest BCUT2D eigenvalue weighted by molar-refractivity contribution is -0.142. The van der Waals surface area contributed by atoms with E-state index in [2.05, 4.69) is 5.32 Å². The Balaban J connectivity index is 1.67. The number of amides is 2. The topological polar surface area (TPSA) is 78.9 Å². The first kappa shape index (κ1) is 18.1. The number of carboxylic acid groups (broad SMARTS) is 1. The number of likely N-dealkylation sites (N-methyl/N-ethyl adjacent to an activating group) is 1. The minimum absolute atomic E-state index is 0.0635. The molecule has 1 aromatic rings. The van der Waals surface area contributed by atoms with Crippen LogP contribution in [0.25, 0.3) is 0 Å². The van der Waals surface area contributed by atoms with Gasteiger partial charge in [-0.3, -0.25) is 4.79 Å². The first-order chi connectivity index (χ1) is 11.5. The third kappa shape index (κ3) is 5.44. The summed E-state index contributed by atoms with van der Waals surface area (Å²) in [5.41, 5.74) is 1.18. The monoisotopic (exact) mass is 334 g/mol. The van der Waals surface area contributed by atoms with Crippen molar-refractivity contribution in [3.05, 3.63) is 29.8 Å². The van der Waals surface area contributed by atoms with Gasteiger partial charge in [0.15, 0.2) is 0 Å². The molecule has 1 aliphatic carbocycles. The normalized spacial score (nSPS) is 20.2. The predicted octanol–water partition coefficient (Wildman–Crippen LogP) is 2.66. The summed E-state index contributed by atoms with van der Waals surface area (Å²) in [6.07, 6.45) is 2.69. The van der Waals surface area contributed by atoms with Crippen LogP contribution in [0.5, 0.6) is 5.75 Å². The van der Waals surface area contributed by atoms with Gasteiger partial charge in [0, 0.05) is 13.1 Å². The molecule has 2 amide bonds. The Bertz CT molecular complexity index is 551. The third-order valence-electron chi connectivity index (χ3n) is 4.47. The Hall–Kier alpha value is -2.24. The molecule has 0 heterocycles. The maximum Gasteiger partial charge on any atom is 0.317 e. The number of rotatable bonds is 6. The summed E-state index contributed by atoms with van der Waals surface area (Å²) >= 11 is 0. The standard InChI is InChI=1S/C18H26N2O4/c1-13-3-9-16(10-4-13)24-12-11-20(2)18(23)19-15-7-5-14(6-8-15)17(21)22/h3-4,9-10,14-15H,5-8,11-12H2,1-2H3,(H,19,23)(H,21,22). The van der Waals surface area contributed by atoms with E-state index in [9.17, 15) is 9.59 Å². The fourth-order valence-electron chi connectivity index (χ4n) is 2.81. The quantitative estimate of drug-likeness (QED) is 0.838. The van der Waals surface area contributed by atoms with Crippen molar-refractivity contribution in [3.63, 3.8) is 0 Å². The second-order valence-corrected chi connectivity index (χ2v) is 6.42. The zero-order valence-electron chi connectivity index (χ0n) is 14.3. The Labute approximate surface area is 142 Å². The number of urea groups is 1. The Morgan fingerprint density at radius 3 is 2.42 bits per heavy atom. The molecule has 0 atom stereocenters. The summed E-state index contributed by atoms with van der Waals surface area (Å²) in [6.45, 7) is 2.94. The van der Waals surface area contributed by atoms with E-state index >= 15 is 0 Å². The number of nitrogens with zero attached hydrogens (tertiary/aromatic N) is 1. The van der Waals surface area contributed by atoms with Crippen LogP contribution in [0.1, 0.15) is 31.2 Å². The number of carbonyl (C=O) groups is 2. The number of benzene rings is 1. The molecule has 0 aromatic heterocycles. The molecule has 1 saturated carbocycles. The van der Waals surface area contributed by atoms with Gasteiger partial charge < -0.3 is 20.1 Å². The van der Waals surface area contributed by atoms with Crippen molar-refractivity contribution in [2.24, 2.45) is 5.92 Å². The van der Waals surface area contributed by atoms with E-state index in [0.717, 1.165) is 18.6 Å². The SMILES string of the molecule is Cc1ccc(OCCN(C)C(=O)NC2CCC(C(=O)O)CC2)cc1. The van der Waals surface area contributed by atoms with Crippen LogP contribution in [-0.2, 0) is 4.79 Å². The Morgan fingerprint density at radius 1 is 1.21 bits per heavy atom. The van der Waals surface area contributed by atoms with Crippen LogP contribution in [0, 0.1) is 12.8 Å². The first-order valence-electron chi connectivity index (χ1n) is 8.39. The van der Waals surface area contributed by atoms with E-state index in [1.807, 2.05) is 31.2 Å². The van der Waals surface area contributed by atoms with E-state index in [4.69, 9.17) is 9.84 Å². The van der Waals surface area contributed by atoms with Gasteiger partial charge in [-0.05, 0) is 44.7 Å². The number of hydrogen-bond donors (Lipinski definition) is 2. The molecule has 6 nitrogen and oxygen atoms in total. The van der Waals surface area contributed by atoms with E-state index in [1.54, 1.807) is 11.9 Å². The molecule has 132 valence electrons. The summed E-state index contributed by atoms with van der Waals surface area (Å²) in [6, 6.07) is 7.72. The zero-order chi connectivity index (χ0) is 17.5. The van der Waals surface area contributed by atoms with Crippen molar-refractivity contribution in [1.29, 1.82) is 0 Å². The van der Waals surface area contributed by atoms with E-state index in [1.165, 1.54) is 5.56 Å². The highest BCUT2D eigenvalue weighted by Crippen LogP contribution is 2.24. The van der Waals surface area contributed by atoms with Crippen LogP contribution >= 0.6 is 0 Å². The third-order valence-corrected chi connectivity index (χ3v) is 4.47. The molecule has 24 heavy (non-hydrogen) atoms. The highest BCUT2D eigenvalue weighted by Gasteiger charge is 2.27. The van der Waals surface area contributed by atoms with Gasteiger partial charge in [0.1, 0.15) is 12.4 Å². The first-order valence-corrected chi connectivity index (χ1v) is 8.39. The van der Waals surface area contributed by atoms with Gasteiger partial charge in [0.05, 0.1) is 12.5 Å². The lowest BCUT2D eigenvalue weighted by Crippen LogP contribution is -2.45. The fraction of sp³-hybridized carbons (Fsp3) is 0.556. The summed E-state index contributed by atoms with van der Waals surface area (Å²) in [7, 11) is 1.73. The fourth-order valence-corrected chi connectivity index (χ4v) is 2.81. The number of aryl methyl sites for hydroxylation is 1. The summed E-state index contributed by atoms with van der Waals surface area (Å²) in [5.74, 6) is -0.203. The number of carbonyl (C=O) groups excluding carboxylic acids is 1. The van der Waals surface area contributed by atoms with Gasteiger partial charge in [-0.15, -0.1) is 0 Å². The molecule has 6 heteroatoms. The van der Waals surface area contributed by atoms with Crippen LogP contribution in [-0.4, -0.2) is 48.2 Å². The Kier molecular flexibility index (Phi) is 6.46. The highest BCUT2D eigenvalue weighted by molar-refractivity contribution is 5.74. The largest absolute Gasteiger partial charge is 0.492 e. The average molecular weight is 334 g/mol. The van der Waals surface area contributed by atoms with Crippen LogP contribution < -0.4 is 10.1 Å². The second kappa shape index (κ2) is 8.57. The van der Waals surface area contributed by atoms with Crippen LogP contribution in [0.4, 0.5) is 4.79 Å². The molecule has 1 aliphatic rings. The van der Waals surface area contributed by atoms with Crippen LogP contribution in [0.15, 0.2) is 24.3 Å². The molecule has 0 radical (unpaired) electrons. The highest BCUT2D eigenvalue weighted by atomic mass is 16.5. The number of hydrogen-bond acceptors (Lipinski definition) is 3. The number of aliphatic carboxylic acids is 1. The summed E-state index contributed by atoms with van der Waals surface area (Å²) in [5, 5.41) is 12.0. The molecule has 0 spiro atoms. The molecule has 1 aromatic carbocycles. The van der Waals surface area contributed by atoms with Gasteiger partial charge in [0.25, 0.3) is 0 Å². The number of ether oxygens (including phenoxy) is 1. The molecular formula is C18H26N2O4. The molecule has 1 fully saturated rings. The van der Waals surface area contributed by atoms with E-state index in [0.29, 0.717) is 26.0 Å². The molecule has 0 aliphatic heterocycles. The second-order valence-electron chi connectivity index (χ2n) is 6.42. The van der Waals surface area contributed by atoms with Crippen molar-refractivity contribution in [2.45, 2.75) is 38.6 Å². The maximum atomic E-state index is 12.2. The van der Waals surface area contributed by atoms with Gasteiger partial charge in [-0.25, -0.2) is 4.79 Å². The van der Waals surface area contributed by atoms with Gasteiger partial charge >= 0.3 is 12.0 Å². The molecule has 0 bridgehead atoms. The zero-order valence-corrected chi connectivity index (χ0v) is 14.3. The van der Waals surface area contributed by atoms with E-state index < -0.39 is 5.97 Å².